The lowest BCUT2D eigenvalue weighted by atomic mass is 9.93. The summed E-state index contributed by atoms with van der Waals surface area (Å²) in [4.78, 5) is 2.43. The summed E-state index contributed by atoms with van der Waals surface area (Å²) < 4.78 is 16.8. The van der Waals surface area contributed by atoms with Crippen LogP contribution in [0, 0.1) is 5.41 Å². The molecule has 4 heteroatoms. The van der Waals surface area contributed by atoms with E-state index in [4.69, 9.17) is 14.2 Å². The van der Waals surface area contributed by atoms with E-state index in [1.807, 2.05) is 0 Å². The van der Waals surface area contributed by atoms with Gasteiger partial charge in [0.15, 0.2) is 0 Å². The number of rotatable bonds is 9. The van der Waals surface area contributed by atoms with Gasteiger partial charge < -0.3 is 14.2 Å². The van der Waals surface area contributed by atoms with Gasteiger partial charge in [0.2, 0.25) is 0 Å². The van der Waals surface area contributed by atoms with Crippen LogP contribution >= 0.6 is 0 Å². The molecule has 0 aromatic carbocycles. The van der Waals surface area contributed by atoms with E-state index in [2.05, 4.69) is 46.4 Å². The zero-order chi connectivity index (χ0) is 15.9. The van der Waals surface area contributed by atoms with Gasteiger partial charge in [-0.15, -0.1) is 0 Å². The molecule has 0 spiro atoms. The predicted octanol–water partition coefficient (Wildman–Crippen LogP) is 2.96. The van der Waals surface area contributed by atoms with E-state index in [-0.39, 0.29) is 5.54 Å². The molecule has 1 heterocycles. The van der Waals surface area contributed by atoms with E-state index in [0.29, 0.717) is 37.9 Å². The van der Waals surface area contributed by atoms with E-state index in [9.17, 15) is 0 Å². The fourth-order valence-corrected chi connectivity index (χ4v) is 2.07. The number of nitrogens with zero attached hydrogens (tertiary/aromatic N) is 1. The van der Waals surface area contributed by atoms with E-state index < -0.39 is 0 Å². The molecule has 0 unspecified atom stereocenters. The first-order valence-electron chi connectivity index (χ1n) is 8.21. The first-order chi connectivity index (χ1) is 9.68. The van der Waals surface area contributed by atoms with Gasteiger partial charge in [0.25, 0.3) is 0 Å². The predicted molar refractivity (Wildman–Crippen MR) is 86.8 cm³/mol. The molecule has 0 amide bonds. The average Bonchev–Trinajstić information content (AvgIpc) is 2.25. The molecule has 0 radical (unpaired) electrons. The zero-order valence-electron chi connectivity index (χ0n) is 14.9. The minimum atomic E-state index is 0.265. The topological polar surface area (TPSA) is 30.9 Å². The Hall–Kier alpha value is -0.160. The maximum absolute atomic E-state index is 5.77. The van der Waals surface area contributed by atoms with E-state index >= 15 is 0 Å². The number of hydrogen-bond acceptors (Lipinski definition) is 4. The maximum Gasteiger partial charge on any atom is 0.0830 e. The Morgan fingerprint density at radius 3 is 1.86 bits per heavy atom. The summed E-state index contributed by atoms with van der Waals surface area (Å²) in [5.41, 5.74) is 0.610. The highest BCUT2D eigenvalue weighted by atomic mass is 16.5. The number of likely N-dealkylation sites (tertiary alicyclic amines) is 1. The number of ether oxygens (including phenoxy) is 3. The molecule has 0 atom stereocenters. The Labute approximate surface area is 131 Å². The molecule has 0 saturated carbocycles. The second-order valence-corrected chi connectivity index (χ2v) is 8.10. The fourth-order valence-electron chi connectivity index (χ4n) is 2.07. The van der Waals surface area contributed by atoms with Gasteiger partial charge in [-0.25, -0.2) is 0 Å². The van der Waals surface area contributed by atoms with Gasteiger partial charge in [-0.3, -0.25) is 4.90 Å². The van der Waals surface area contributed by atoms with Crippen LogP contribution in [0.25, 0.3) is 0 Å². The van der Waals surface area contributed by atoms with Crippen molar-refractivity contribution < 1.29 is 14.2 Å². The monoisotopic (exact) mass is 301 g/mol. The molecule has 1 aliphatic rings. The third kappa shape index (κ3) is 8.77. The molecule has 0 aromatic heterocycles. The van der Waals surface area contributed by atoms with Gasteiger partial charge in [-0.05, 0) is 32.6 Å². The van der Waals surface area contributed by atoms with Crippen molar-refractivity contribution in [3.8, 4) is 0 Å². The summed E-state index contributed by atoms with van der Waals surface area (Å²) in [6.45, 7) is 19.0. The molecule has 126 valence electrons. The molecule has 1 fully saturated rings. The summed E-state index contributed by atoms with van der Waals surface area (Å²) in [5.74, 6) is 0. The maximum atomic E-state index is 5.77. The van der Waals surface area contributed by atoms with Gasteiger partial charge in [0.1, 0.15) is 0 Å². The number of hydrogen-bond donors (Lipinski definition) is 0. The molecule has 21 heavy (non-hydrogen) atoms. The highest BCUT2D eigenvalue weighted by Crippen LogP contribution is 2.22. The first-order valence-corrected chi connectivity index (χ1v) is 8.21. The van der Waals surface area contributed by atoms with Gasteiger partial charge in [0.05, 0.1) is 32.5 Å². The van der Waals surface area contributed by atoms with Crippen LogP contribution in [0.1, 0.15) is 48.0 Å². The fraction of sp³-hybridized carbons (Fsp3) is 1.00. The molecule has 1 aliphatic heterocycles. The van der Waals surface area contributed by atoms with Crippen molar-refractivity contribution in [1.29, 1.82) is 0 Å². The lowest BCUT2D eigenvalue weighted by molar-refractivity contribution is -0.101. The Balaban J connectivity index is 1.82. The third-order valence-electron chi connectivity index (χ3n) is 3.75. The largest absolute Gasteiger partial charge is 0.379 e. The average molecular weight is 301 g/mol. The molecular formula is C17H35NO3. The summed E-state index contributed by atoms with van der Waals surface area (Å²) in [5, 5.41) is 0. The van der Waals surface area contributed by atoms with Gasteiger partial charge in [0, 0.05) is 25.2 Å². The lowest BCUT2D eigenvalue weighted by Crippen LogP contribution is -2.59. The Morgan fingerprint density at radius 1 is 0.810 bits per heavy atom. The van der Waals surface area contributed by atoms with Crippen molar-refractivity contribution in [3.63, 3.8) is 0 Å². The Bertz CT molecular complexity index is 275. The van der Waals surface area contributed by atoms with Crippen molar-refractivity contribution >= 4 is 0 Å². The van der Waals surface area contributed by atoms with Crippen LogP contribution in [-0.4, -0.2) is 62.7 Å². The van der Waals surface area contributed by atoms with Crippen LogP contribution in [0.2, 0.25) is 0 Å². The van der Waals surface area contributed by atoms with E-state index in [1.165, 1.54) is 0 Å². The van der Waals surface area contributed by atoms with E-state index in [1.54, 1.807) is 0 Å². The minimum Gasteiger partial charge on any atom is -0.379 e. The highest BCUT2D eigenvalue weighted by molar-refractivity contribution is 4.89. The van der Waals surface area contributed by atoms with Crippen LogP contribution in [0.15, 0.2) is 0 Å². The van der Waals surface area contributed by atoms with Gasteiger partial charge >= 0.3 is 0 Å². The second kappa shape index (κ2) is 8.47. The standard InChI is InChI=1S/C17H35NO3/c1-16(2,3)7-8-19-9-10-20-11-12-21-15-13-18(14-15)17(4,5)6/h15H,7-14H2,1-6H3. The van der Waals surface area contributed by atoms with Crippen LogP contribution in [-0.2, 0) is 14.2 Å². The molecule has 0 N–H and O–H groups in total. The van der Waals surface area contributed by atoms with Crippen molar-refractivity contribution in [1.82, 2.24) is 4.90 Å². The Kier molecular flexibility index (Phi) is 7.62. The second-order valence-electron chi connectivity index (χ2n) is 8.10. The molecular weight excluding hydrogens is 266 g/mol. The third-order valence-corrected chi connectivity index (χ3v) is 3.75. The van der Waals surface area contributed by atoms with Crippen molar-refractivity contribution in [2.75, 3.05) is 46.1 Å². The summed E-state index contributed by atoms with van der Waals surface area (Å²) >= 11 is 0. The summed E-state index contributed by atoms with van der Waals surface area (Å²) in [6, 6.07) is 0. The summed E-state index contributed by atoms with van der Waals surface area (Å²) in [6.07, 6.45) is 1.47. The smallest absolute Gasteiger partial charge is 0.0830 e. The SMILES string of the molecule is CC(C)(C)CCOCCOCCOC1CN(C(C)(C)C)C1. The molecule has 1 saturated heterocycles. The molecule has 4 nitrogen and oxygen atoms in total. The van der Waals surface area contributed by atoms with Gasteiger partial charge in [-0.2, -0.15) is 0 Å². The van der Waals surface area contributed by atoms with Crippen molar-refractivity contribution in [3.05, 3.63) is 0 Å². The van der Waals surface area contributed by atoms with Crippen LogP contribution in [0.5, 0.6) is 0 Å². The lowest BCUT2D eigenvalue weighted by Gasteiger charge is -2.47. The molecule has 1 rings (SSSR count). The molecule has 0 aliphatic carbocycles. The zero-order valence-corrected chi connectivity index (χ0v) is 14.9. The molecule has 0 bridgehead atoms. The van der Waals surface area contributed by atoms with Crippen molar-refractivity contribution in [2.24, 2.45) is 5.41 Å². The quantitative estimate of drug-likeness (QED) is 0.613. The first kappa shape index (κ1) is 18.9. The molecule has 0 aromatic rings. The van der Waals surface area contributed by atoms with Crippen LogP contribution in [0.4, 0.5) is 0 Å². The highest BCUT2D eigenvalue weighted by Gasteiger charge is 2.34. The summed E-state index contributed by atoms with van der Waals surface area (Å²) in [7, 11) is 0. The van der Waals surface area contributed by atoms with Crippen LogP contribution < -0.4 is 0 Å². The van der Waals surface area contributed by atoms with Gasteiger partial charge in [-0.1, -0.05) is 20.8 Å². The van der Waals surface area contributed by atoms with Crippen LogP contribution in [0.3, 0.4) is 0 Å². The minimum absolute atomic E-state index is 0.265. The van der Waals surface area contributed by atoms with Crippen molar-refractivity contribution in [2.45, 2.75) is 59.6 Å². The normalized spacial score (nSPS) is 18.0. The van der Waals surface area contributed by atoms with E-state index in [0.717, 1.165) is 26.1 Å². The Morgan fingerprint density at radius 2 is 1.33 bits per heavy atom.